The number of nitrogens with two attached hydrogens (primary N) is 1. The second-order valence-corrected chi connectivity index (χ2v) is 5.52. The Morgan fingerprint density at radius 1 is 1.40 bits per heavy atom. The Morgan fingerprint density at radius 2 is 2.13 bits per heavy atom. The molecule has 0 spiro atoms. The van der Waals surface area contributed by atoms with Gasteiger partial charge in [0.2, 0.25) is 0 Å². The highest BCUT2D eigenvalue weighted by Crippen LogP contribution is 2.25. The molecule has 1 atom stereocenters. The van der Waals surface area contributed by atoms with Crippen LogP contribution in [0.4, 0.5) is 5.69 Å². The van der Waals surface area contributed by atoms with Crippen LogP contribution in [0.3, 0.4) is 0 Å². The number of fused-ring (bicyclic) bond motifs is 1. The van der Waals surface area contributed by atoms with Crippen LogP contribution in [0.15, 0.2) is 18.2 Å². The molecule has 0 bridgehead atoms. The Balaban J connectivity index is 2.03. The second-order valence-electron chi connectivity index (χ2n) is 4.24. The zero-order valence-corrected chi connectivity index (χ0v) is 10.2. The standard InChI is InChI=1S/C12H18N2S/c1-9(15-2)6-14-7-10-3-4-12(13)5-11(10)8-14/h3-5,9H,6-8,13H2,1-2H3. The summed E-state index contributed by atoms with van der Waals surface area (Å²) in [4.78, 5) is 2.49. The lowest BCUT2D eigenvalue weighted by atomic mass is 10.1. The van der Waals surface area contributed by atoms with E-state index in [1.807, 2.05) is 17.8 Å². The van der Waals surface area contributed by atoms with Crippen LogP contribution in [-0.2, 0) is 13.1 Å². The van der Waals surface area contributed by atoms with Crippen molar-refractivity contribution in [2.75, 3.05) is 18.5 Å². The molecule has 1 aromatic rings. The third-order valence-corrected chi connectivity index (χ3v) is 3.89. The van der Waals surface area contributed by atoms with Crippen molar-refractivity contribution in [3.05, 3.63) is 29.3 Å². The van der Waals surface area contributed by atoms with Gasteiger partial charge in [-0.25, -0.2) is 0 Å². The quantitative estimate of drug-likeness (QED) is 0.796. The molecule has 0 aromatic heterocycles. The highest BCUT2D eigenvalue weighted by Gasteiger charge is 2.19. The van der Waals surface area contributed by atoms with Gasteiger partial charge in [-0.2, -0.15) is 11.8 Å². The van der Waals surface area contributed by atoms with Gasteiger partial charge in [-0.3, -0.25) is 4.90 Å². The fourth-order valence-electron chi connectivity index (χ4n) is 2.05. The molecule has 1 heterocycles. The molecule has 3 heteroatoms. The maximum absolute atomic E-state index is 5.78. The number of anilines is 1. The summed E-state index contributed by atoms with van der Waals surface area (Å²) >= 11 is 1.93. The van der Waals surface area contributed by atoms with E-state index in [9.17, 15) is 0 Å². The van der Waals surface area contributed by atoms with Crippen LogP contribution in [0, 0.1) is 0 Å². The molecule has 0 saturated heterocycles. The largest absolute Gasteiger partial charge is 0.399 e. The number of benzene rings is 1. The lowest BCUT2D eigenvalue weighted by Crippen LogP contribution is -2.24. The summed E-state index contributed by atoms with van der Waals surface area (Å²) < 4.78 is 0. The summed E-state index contributed by atoms with van der Waals surface area (Å²) in [7, 11) is 0. The van der Waals surface area contributed by atoms with Crippen molar-refractivity contribution in [2.45, 2.75) is 25.3 Å². The van der Waals surface area contributed by atoms with Crippen molar-refractivity contribution in [2.24, 2.45) is 0 Å². The SMILES string of the molecule is CSC(C)CN1Cc2ccc(N)cc2C1. The highest BCUT2D eigenvalue weighted by atomic mass is 32.2. The van der Waals surface area contributed by atoms with Crippen LogP contribution in [0.25, 0.3) is 0 Å². The zero-order chi connectivity index (χ0) is 10.8. The molecule has 1 aliphatic heterocycles. The summed E-state index contributed by atoms with van der Waals surface area (Å²) in [6.45, 7) is 5.59. The lowest BCUT2D eigenvalue weighted by molar-refractivity contribution is 0.288. The summed E-state index contributed by atoms with van der Waals surface area (Å²) in [5.41, 5.74) is 9.51. The van der Waals surface area contributed by atoms with E-state index >= 15 is 0 Å². The molecule has 0 aliphatic carbocycles. The number of thioether (sulfide) groups is 1. The third-order valence-electron chi connectivity index (χ3n) is 2.94. The molecule has 2 rings (SSSR count). The molecule has 0 saturated carbocycles. The van der Waals surface area contributed by atoms with Gasteiger partial charge in [-0.1, -0.05) is 13.0 Å². The predicted molar refractivity (Wildman–Crippen MR) is 67.9 cm³/mol. The van der Waals surface area contributed by atoms with Crippen molar-refractivity contribution in [1.82, 2.24) is 4.90 Å². The monoisotopic (exact) mass is 222 g/mol. The highest BCUT2D eigenvalue weighted by molar-refractivity contribution is 7.99. The number of hydrogen-bond acceptors (Lipinski definition) is 3. The minimum Gasteiger partial charge on any atom is -0.399 e. The van der Waals surface area contributed by atoms with Gasteiger partial charge >= 0.3 is 0 Å². The summed E-state index contributed by atoms with van der Waals surface area (Å²) in [5.74, 6) is 0. The zero-order valence-electron chi connectivity index (χ0n) is 9.36. The van der Waals surface area contributed by atoms with Crippen LogP contribution in [0.5, 0.6) is 0 Å². The van der Waals surface area contributed by atoms with Crippen molar-refractivity contribution in [3.8, 4) is 0 Å². The molecule has 15 heavy (non-hydrogen) atoms. The Labute approximate surface area is 95.8 Å². The molecule has 2 N–H and O–H groups in total. The topological polar surface area (TPSA) is 29.3 Å². The van der Waals surface area contributed by atoms with Crippen molar-refractivity contribution in [1.29, 1.82) is 0 Å². The van der Waals surface area contributed by atoms with Gasteiger partial charge < -0.3 is 5.73 Å². The van der Waals surface area contributed by atoms with E-state index < -0.39 is 0 Å². The smallest absolute Gasteiger partial charge is 0.0317 e. The molecule has 1 unspecified atom stereocenters. The first kappa shape index (κ1) is 10.8. The lowest BCUT2D eigenvalue weighted by Gasteiger charge is -2.18. The van der Waals surface area contributed by atoms with E-state index in [1.165, 1.54) is 11.1 Å². The fraction of sp³-hybridized carbons (Fsp3) is 0.500. The Bertz CT molecular complexity index is 351. The van der Waals surface area contributed by atoms with E-state index in [1.54, 1.807) is 0 Å². The van der Waals surface area contributed by atoms with Crippen LogP contribution in [-0.4, -0.2) is 23.0 Å². The summed E-state index contributed by atoms with van der Waals surface area (Å²) in [6, 6.07) is 6.27. The minimum atomic E-state index is 0.705. The molecular formula is C12H18N2S. The van der Waals surface area contributed by atoms with Gasteiger partial charge in [-0.05, 0) is 29.5 Å². The van der Waals surface area contributed by atoms with Gasteiger partial charge in [0.25, 0.3) is 0 Å². The van der Waals surface area contributed by atoms with Crippen molar-refractivity contribution in [3.63, 3.8) is 0 Å². The molecule has 1 aromatic carbocycles. The fourth-order valence-corrected chi connectivity index (χ4v) is 2.41. The summed E-state index contributed by atoms with van der Waals surface area (Å²) in [6.07, 6.45) is 2.17. The molecule has 82 valence electrons. The average molecular weight is 222 g/mol. The second kappa shape index (κ2) is 4.45. The molecular weight excluding hydrogens is 204 g/mol. The number of nitrogens with zero attached hydrogens (tertiary/aromatic N) is 1. The number of nitrogen functional groups attached to an aromatic ring is 1. The van der Waals surface area contributed by atoms with Crippen molar-refractivity contribution >= 4 is 17.4 Å². The van der Waals surface area contributed by atoms with Gasteiger partial charge in [0.1, 0.15) is 0 Å². The minimum absolute atomic E-state index is 0.705. The van der Waals surface area contributed by atoms with Crippen molar-refractivity contribution < 1.29 is 0 Å². The Morgan fingerprint density at radius 3 is 2.87 bits per heavy atom. The molecule has 2 nitrogen and oxygen atoms in total. The van der Waals surface area contributed by atoms with Gasteiger partial charge in [0.05, 0.1) is 0 Å². The third kappa shape index (κ3) is 2.47. The number of rotatable bonds is 3. The van der Waals surface area contributed by atoms with E-state index in [0.29, 0.717) is 5.25 Å². The first-order chi connectivity index (χ1) is 7.19. The predicted octanol–water partition coefficient (Wildman–Crippen LogP) is 2.34. The molecule has 1 aliphatic rings. The van der Waals surface area contributed by atoms with Crippen LogP contribution in [0.2, 0.25) is 0 Å². The van der Waals surface area contributed by atoms with E-state index in [0.717, 1.165) is 25.3 Å². The molecule has 0 fully saturated rings. The normalized spacial score (nSPS) is 17.7. The van der Waals surface area contributed by atoms with Crippen LogP contribution < -0.4 is 5.73 Å². The van der Waals surface area contributed by atoms with Gasteiger partial charge in [0.15, 0.2) is 0 Å². The number of hydrogen-bond donors (Lipinski definition) is 1. The molecule has 0 radical (unpaired) electrons. The summed E-state index contributed by atoms with van der Waals surface area (Å²) in [5, 5.41) is 0.705. The van der Waals surface area contributed by atoms with Gasteiger partial charge in [0, 0.05) is 30.6 Å². The molecule has 0 amide bonds. The van der Waals surface area contributed by atoms with Gasteiger partial charge in [-0.15, -0.1) is 0 Å². The maximum Gasteiger partial charge on any atom is 0.0317 e. The average Bonchev–Trinajstić information content (AvgIpc) is 2.59. The Hall–Kier alpha value is -0.670. The van der Waals surface area contributed by atoms with E-state index in [4.69, 9.17) is 5.73 Å². The van der Waals surface area contributed by atoms with E-state index in [2.05, 4.69) is 30.2 Å². The van der Waals surface area contributed by atoms with Crippen LogP contribution in [0.1, 0.15) is 18.1 Å². The Kier molecular flexibility index (Phi) is 3.22. The van der Waals surface area contributed by atoms with Crippen LogP contribution >= 0.6 is 11.8 Å². The maximum atomic E-state index is 5.78. The van der Waals surface area contributed by atoms with E-state index in [-0.39, 0.29) is 0 Å². The first-order valence-electron chi connectivity index (χ1n) is 5.31. The first-order valence-corrected chi connectivity index (χ1v) is 6.60.